The summed E-state index contributed by atoms with van der Waals surface area (Å²) in [5, 5.41) is 16.3. The summed E-state index contributed by atoms with van der Waals surface area (Å²) < 4.78 is 0. The molecule has 4 heteroatoms. The zero-order valence-corrected chi connectivity index (χ0v) is 33.7. The van der Waals surface area contributed by atoms with Gasteiger partial charge in [0.2, 0.25) is 0 Å². The number of hydrogen-bond donors (Lipinski definition) is 2. The summed E-state index contributed by atoms with van der Waals surface area (Å²) in [7, 11) is 0. The summed E-state index contributed by atoms with van der Waals surface area (Å²) in [4.78, 5) is 3.71. The second-order valence-corrected chi connectivity index (χ2v) is 15.3. The molecule has 1 spiro atoms. The lowest BCUT2D eigenvalue weighted by molar-refractivity contribution is 0.794. The molecular weight excluding hydrogens is 717 g/mol. The van der Waals surface area contributed by atoms with E-state index in [4.69, 9.17) is 6.57 Å². The average molecular weight is 761 g/mol. The molecule has 2 N–H and O–H groups in total. The molecule has 284 valence electrons. The molecule has 10 rings (SSSR count). The van der Waals surface area contributed by atoms with Crippen LogP contribution in [0.5, 0.6) is 0 Å². The largest absolute Gasteiger partial charge is 0.356 e. The number of rotatable bonds is 4. The highest BCUT2D eigenvalue weighted by atomic mass is 14.9. The lowest BCUT2D eigenvalue weighted by Gasteiger charge is -2.30. The zero-order valence-electron chi connectivity index (χ0n) is 33.7. The van der Waals surface area contributed by atoms with Gasteiger partial charge in [-0.15, -0.1) is 0 Å². The molecule has 2 aliphatic rings. The molecule has 0 bridgehead atoms. The number of nitrogens with one attached hydrogen (secondary N) is 2. The Morgan fingerprint density at radius 3 is 1.17 bits per heavy atom. The van der Waals surface area contributed by atoms with Gasteiger partial charge >= 0.3 is 0 Å². The number of benzene rings is 8. The van der Waals surface area contributed by atoms with Crippen molar-refractivity contribution >= 4 is 28.4 Å². The Kier molecular flexibility index (Phi) is 10.7. The standard InChI is InChI=1S/C27H14N2.2C14H15N/c1-29-18-11-13-22-21-12-10-17(16-28)14-25(21)27(26(22)15-18)23-8-4-2-6-19(23)20-7-3-5-9-24(20)27;2*1-11-3-7-13(8-4-11)15-14-9-5-12(2)6-10-14/h2-15H;2*3-10,15H,1-2H3. The van der Waals surface area contributed by atoms with Crippen molar-refractivity contribution in [1.82, 2.24) is 0 Å². The van der Waals surface area contributed by atoms with Crippen molar-refractivity contribution in [1.29, 1.82) is 5.26 Å². The molecule has 0 saturated carbocycles. The molecule has 0 aliphatic heterocycles. The number of hydrogen-bond acceptors (Lipinski definition) is 3. The second kappa shape index (κ2) is 16.4. The molecule has 8 aromatic carbocycles. The number of nitrogens with zero attached hydrogens (tertiary/aromatic N) is 2. The van der Waals surface area contributed by atoms with Crippen molar-refractivity contribution in [2.45, 2.75) is 33.1 Å². The highest BCUT2D eigenvalue weighted by molar-refractivity contribution is 5.95. The number of anilines is 4. The fraction of sp³-hybridized carbons (Fsp3) is 0.0909. The van der Waals surface area contributed by atoms with E-state index in [2.05, 4.69) is 207 Å². The maximum absolute atomic E-state index is 9.60. The molecule has 0 unspecified atom stereocenters. The van der Waals surface area contributed by atoms with Crippen LogP contribution in [-0.2, 0) is 5.41 Å². The van der Waals surface area contributed by atoms with Gasteiger partial charge in [-0.25, -0.2) is 4.85 Å². The summed E-state index contributed by atoms with van der Waals surface area (Å²) in [6.07, 6.45) is 0. The van der Waals surface area contributed by atoms with Gasteiger partial charge in [0.25, 0.3) is 0 Å². The van der Waals surface area contributed by atoms with Gasteiger partial charge in [0.15, 0.2) is 5.69 Å². The second-order valence-electron chi connectivity index (χ2n) is 15.3. The fourth-order valence-electron chi connectivity index (χ4n) is 8.15. The highest BCUT2D eigenvalue weighted by Crippen LogP contribution is 2.63. The van der Waals surface area contributed by atoms with E-state index in [0.717, 1.165) is 45.0 Å². The first kappa shape index (κ1) is 38.2. The van der Waals surface area contributed by atoms with Crippen LogP contribution in [0, 0.1) is 45.6 Å². The van der Waals surface area contributed by atoms with Crippen molar-refractivity contribution < 1.29 is 0 Å². The van der Waals surface area contributed by atoms with Crippen LogP contribution < -0.4 is 10.6 Å². The van der Waals surface area contributed by atoms with Gasteiger partial charge < -0.3 is 10.6 Å². The van der Waals surface area contributed by atoms with Gasteiger partial charge in [-0.2, -0.15) is 5.26 Å². The molecule has 0 heterocycles. The van der Waals surface area contributed by atoms with Crippen molar-refractivity contribution in [2.24, 2.45) is 0 Å². The van der Waals surface area contributed by atoms with E-state index in [0.29, 0.717) is 11.3 Å². The van der Waals surface area contributed by atoms with E-state index in [1.807, 2.05) is 24.3 Å². The SMILES string of the molecule is Cc1ccc(Nc2ccc(C)cc2)cc1.Cc1ccc(Nc2ccc(C)cc2)cc1.[C-]#[N+]c1ccc2c(c1)C1(c3ccccc3-c3ccccc31)c1cc(C#N)ccc1-2. The lowest BCUT2D eigenvalue weighted by Crippen LogP contribution is -2.25. The molecule has 0 fully saturated rings. The predicted octanol–water partition coefficient (Wildman–Crippen LogP) is 14.5. The Bertz CT molecular complexity index is 2570. The van der Waals surface area contributed by atoms with Crippen molar-refractivity contribution in [3.8, 4) is 28.3 Å². The summed E-state index contributed by atoms with van der Waals surface area (Å²) >= 11 is 0. The smallest absolute Gasteiger partial charge is 0.187 e. The Balaban J connectivity index is 0.000000136. The maximum Gasteiger partial charge on any atom is 0.187 e. The van der Waals surface area contributed by atoms with Crippen LogP contribution in [0.3, 0.4) is 0 Å². The minimum atomic E-state index is -0.495. The van der Waals surface area contributed by atoms with E-state index >= 15 is 0 Å². The van der Waals surface area contributed by atoms with Gasteiger partial charge in [0.1, 0.15) is 0 Å². The van der Waals surface area contributed by atoms with E-state index in [1.165, 1.54) is 44.5 Å². The first-order chi connectivity index (χ1) is 28.8. The summed E-state index contributed by atoms with van der Waals surface area (Å²) in [6.45, 7) is 15.9. The lowest BCUT2D eigenvalue weighted by atomic mass is 9.70. The molecule has 4 nitrogen and oxygen atoms in total. The number of aryl methyl sites for hydroxylation is 4. The quantitative estimate of drug-likeness (QED) is 0.176. The van der Waals surface area contributed by atoms with E-state index in [-0.39, 0.29) is 0 Å². The molecule has 0 amide bonds. The van der Waals surface area contributed by atoms with Crippen LogP contribution in [0.1, 0.15) is 50.1 Å². The summed E-state index contributed by atoms with van der Waals surface area (Å²) in [5.41, 5.74) is 19.9. The monoisotopic (exact) mass is 760 g/mol. The van der Waals surface area contributed by atoms with Gasteiger partial charge in [-0.1, -0.05) is 144 Å². The van der Waals surface area contributed by atoms with Crippen molar-refractivity contribution in [3.05, 3.63) is 243 Å². The van der Waals surface area contributed by atoms with Crippen LogP contribution in [0.25, 0.3) is 27.1 Å². The van der Waals surface area contributed by atoms with Gasteiger partial charge in [0, 0.05) is 22.7 Å². The molecule has 0 radical (unpaired) electrons. The Morgan fingerprint density at radius 2 is 0.780 bits per heavy atom. The van der Waals surface area contributed by atoms with E-state index < -0.39 is 5.41 Å². The van der Waals surface area contributed by atoms with Crippen LogP contribution in [-0.4, -0.2) is 0 Å². The molecule has 0 aromatic heterocycles. The van der Waals surface area contributed by atoms with Crippen molar-refractivity contribution in [3.63, 3.8) is 0 Å². The molecule has 8 aromatic rings. The number of nitriles is 1. The minimum Gasteiger partial charge on any atom is -0.356 e. The average Bonchev–Trinajstić information content (AvgIpc) is 3.74. The number of fused-ring (bicyclic) bond motifs is 10. The van der Waals surface area contributed by atoms with Crippen LogP contribution in [0.4, 0.5) is 28.4 Å². The third-order valence-electron chi connectivity index (χ3n) is 11.1. The topological polar surface area (TPSA) is 52.2 Å². The highest BCUT2D eigenvalue weighted by Gasteiger charge is 2.51. The van der Waals surface area contributed by atoms with Crippen molar-refractivity contribution in [2.75, 3.05) is 10.6 Å². The van der Waals surface area contributed by atoms with Crippen LogP contribution in [0.15, 0.2) is 182 Å². The van der Waals surface area contributed by atoms with E-state index in [9.17, 15) is 5.26 Å². The molecule has 59 heavy (non-hydrogen) atoms. The molecule has 0 atom stereocenters. The normalized spacial score (nSPS) is 11.8. The first-order valence-electron chi connectivity index (χ1n) is 19.8. The van der Waals surface area contributed by atoms with E-state index in [1.54, 1.807) is 0 Å². The molecular formula is C55H44N4. The van der Waals surface area contributed by atoms with Gasteiger partial charge in [-0.3, -0.25) is 0 Å². The molecule has 2 aliphatic carbocycles. The predicted molar refractivity (Wildman–Crippen MR) is 245 cm³/mol. The van der Waals surface area contributed by atoms with Gasteiger partial charge in [-0.05, 0) is 133 Å². The third kappa shape index (κ3) is 7.61. The Hall–Kier alpha value is -7.66. The minimum absolute atomic E-state index is 0.495. The molecule has 0 saturated heterocycles. The first-order valence-corrected chi connectivity index (χ1v) is 19.8. The van der Waals surface area contributed by atoms with Crippen LogP contribution >= 0.6 is 0 Å². The van der Waals surface area contributed by atoms with Crippen LogP contribution in [0.2, 0.25) is 0 Å². The third-order valence-corrected chi connectivity index (χ3v) is 11.1. The van der Waals surface area contributed by atoms with Gasteiger partial charge in [0.05, 0.1) is 23.6 Å². The maximum atomic E-state index is 9.60. The Morgan fingerprint density at radius 1 is 0.424 bits per heavy atom. The summed E-state index contributed by atoms with van der Waals surface area (Å²) in [6, 6.07) is 64.9. The zero-order chi connectivity index (χ0) is 40.9. The Labute approximate surface area is 347 Å². The summed E-state index contributed by atoms with van der Waals surface area (Å²) in [5.74, 6) is 0. The fourth-order valence-corrected chi connectivity index (χ4v) is 8.15.